The van der Waals surface area contributed by atoms with E-state index in [1.165, 1.54) is 19.9 Å². The van der Waals surface area contributed by atoms with Gasteiger partial charge in [0.1, 0.15) is 39.7 Å². The Kier molecular flexibility index (Phi) is 5.82. The summed E-state index contributed by atoms with van der Waals surface area (Å²) in [5, 5.41) is 28.4. The number of benzene rings is 1. The van der Waals surface area contributed by atoms with Crippen LogP contribution < -0.4 is 10.1 Å². The van der Waals surface area contributed by atoms with E-state index >= 15 is 0 Å². The van der Waals surface area contributed by atoms with Crippen molar-refractivity contribution in [3.05, 3.63) is 56.8 Å². The van der Waals surface area contributed by atoms with Gasteiger partial charge in [-0.15, -0.1) is 0 Å². The number of fused-ring (bicyclic) bond motifs is 3. The molecule has 2 heterocycles. The lowest BCUT2D eigenvalue weighted by Crippen LogP contribution is -2.41. The van der Waals surface area contributed by atoms with Gasteiger partial charge in [0.2, 0.25) is 0 Å². The summed E-state index contributed by atoms with van der Waals surface area (Å²) in [6.45, 7) is 10.1. The van der Waals surface area contributed by atoms with E-state index in [0.717, 1.165) is 29.9 Å². The molecule has 0 fully saturated rings. The smallest absolute Gasteiger partial charge is 0.194 e. The van der Waals surface area contributed by atoms with Crippen LogP contribution in [-0.4, -0.2) is 39.3 Å². The van der Waals surface area contributed by atoms with Gasteiger partial charge >= 0.3 is 0 Å². The Bertz CT molecular complexity index is 1340. The van der Waals surface area contributed by atoms with Crippen LogP contribution in [0.2, 0.25) is 0 Å². The molecule has 2 aromatic rings. The molecule has 9 heteroatoms. The molecule has 3 N–H and O–H groups in total. The summed E-state index contributed by atoms with van der Waals surface area (Å²) >= 11 is 0. The Hall–Kier alpha value is -3.88. The van der Waals surface area contributed by atoms with Gasteiger partial charge in [0, 0.05) is 29.4 Å². The molecule has 0 spiro atoms. The number of Topliss-reactive ketones (excluding diaryl/α,β-unsaturated/α-hetero) is 2. The molecule has 0 saturated heterocycles. The van der Waals surface area contributed by atoms with Gasteiger partial charge in [-0.2, -0.15) is 0 Å². The van der Waals surface area contributed by atoms with Crippen LogP contribution >= 0.6 is 0 Å². The van der Waals surface area contributed by atoms with Gasteiger partial charge in [-0.3, -0.25) is 14.4 Å². The van der Waals surface area contributed by atoms with E-state index in [2.05, 4.69) is 10.5 Å². The topological polar surface area (TPSA) is 139 Å². The minimum atomic E-state index is -1.52. The Balaban J connectivity index is 1.68. The van der Waals surface area contributed by atoms with Crippen LogP contribution in [0.1, 0.15) is 65.7 Å². The number of allylic oxidation sites excluding steroid dienone is 4. The highest BCUT2D eigenvalue weighted by Crippen LogP contribution is 2.57. The number of hydrogen-bond acceptors (Lipinski definition) is 9. The van der Waals surface area contributed by atoms with Crippen molar-refractivity contribution < 1.29 is 33.9 Å². The van der Waals surface area contributed by atoms with E-state index in [0.29, 0.717) is 12.2 Å². The summed E-state index contributed by atoms with van der Waals surface area (Å²) in [5.74, 6) is -1.65. The van der Waals surface area contributed by atoms with E-state index in [-0.39, 0.29) is 39.5 Å². The molecule has 2 aliphatic rings. The predicted octanol–water partition coefficient (Wildman–Crippen LogP) is 3.40. The number of aromatic nitrogens is 1. The molecule has 9 nitrogen and oxygen atoms in total. The van der Waals surface area contributed by atoms with E-state index in [1.54, 1.807) is 13.8 Å². The largest absolute Gasteiger partial charge is 0.507 e. The number of nitrogens with one attached hydrogen (secondary N) is 1. The maximum atomic E-state index is 13.8. The minimum absolute atomic E-state index is 0.0141. The summed E-state index contributed by atoms with van der Waals surface area (Å²) in [4.78, 5) is 39.0. The predicted molar refractivity (Wildman–Crippen MR) is 126 cm³/mol. The van der Waals surface area contributed by atoms with Gasteiger partial charge in [-0.25, -0.2) is 0 Å². The van der Waals surface area contributed by atoms with Crippen molar-refractivity contribution in [1.82, 2.24) is 10.5 Å². The summed E-state index contributed by atoms with van der Waals surface area (Å²) in [5.41, 5.74) is 0.723. The average molecular weight is 481 g/mol. The second-order valence-electron chi connectivity index (χ2n) is 9.22. The van der Waals surface area contributed by atoms with Crippen LogP contribution in [0.3, 0.4) is 0 Å². The quantitative estimate of drug-likeness (QED) is 0.246. The third-order valence-corrected chi connectivity index (χ3v) is 6.93. The van der Waals surface area contributed by atoms with Crippen molar-refractivity contribution in [3.8, 4) is 17.2 Å². The summed E-state index contributed by atoms with van der Waals surface area (Å²) < 4.78 is 11.0. The lowest BCUT2D eigenvalue weighted by atomic mass is 9.70. The zero-order valence-electron chi connectivity index (χ0n) is 20.6. The third kappa shape index (κ3) is 3.53. The monoisotopic (exact) mass is 480 g/mol. The lowest BCUT2D eigenvalue weighted by Gasteiger charge is -2.29. The van der Waals surface area contributed by atoms with Crippen LogP contribution in [0.15, 0.2) is 27.6 Å². The summed E-state index contributed by atoms with van der Waals surface area (Å²) in [7, 11) is 0. The van der Waals surface area contributed by atoms with Crippen LogP contribution in [0, 0.1) is 20.8 Å². The Morgan fingerprint density at radius 1 is 1.14 bits per heavy atom. The Morgan fingerprint density at radius 2 is 1.83 bits per heavy atom. The number of phenols is 2. The first-order valence-corrected chi connectivity index (χ1v) is 11.4. The van der Waals surface area contributed by atoms with Crippen molar-refractivity contribution >= 4 is 17.3 Å². The molecule has 0 radical (unpaired) electrons. The molecule has 1 aromatic carbocycles. The van der Waals surface area contributed by atoms with E-state index < -0.39 is 28.5 Å². The van der Waals surface area contributed by atoms with Crippen molar-refractivity contribution in [2.75, 3.05) is 6.54 Å². The van der Waals surface area contributed by atoms with Crippen molar-refractivity contribution in [1.29, 1.82) is 0 Å². The molecule has 0 amide bonds. The first-order valence-electron chi connectivity index (χ1n) is 11.4. The Labute approximate surface area is 202 Å². The summed E-state index contributed by atoms with van der Waals surface area (Å²) in [6.07, 6.45) is 2.66. The van der Waals surface area contributed by atoms with Crippen molar-refractivity contribution in [2.45, 2.75) is 59.8 Å². The Morgan fingerprint density at radius 3 is 2.43 bits per heavy atom. The fourth-order valence-corrected chi connectivity index (χ4v) is 4.85. The molecule has 4 rings (SSSR count). The number of rotatable bonds is 6. The highest BCUT2D eigenvalue weighted by Gasteiger charge is 2.56. The second-order valence-corrected chi connectivity index (χ2v) is 9.22. The lowest BCUT2D eigenvalue weighted by molar-refractivity contribution is -0.123. The van der Waals surface area contributed by atoms with Gasteiger partial charge in [-0.1, -0.05) is 5.16 Å². The van der Waals surface area contributed by atoms with Gasteiger partial charge in [-0.05, 0) is 54.4 Å². The molecule has 1 aliphatic heterocycles. The molecule has 0 saturated carbocycles. The number of ketones is 3. The highest BCUT2D eigenvalue weighted by molar-refractivity contribution is 6.31. The number of carbonyl (C=O) groups is 3. The zero-order chi connectivity index (χ0) is 25.8. The molecular formula is C26H28N2O7. The first-order chi connectivity index (χ1) is 16.4. The number of hydrogen-bond donors (Lipinski definition) is 3. The summed E-state index contributed by atoms with van der Waals surface area (Å²) in [6, 6.07) is 0. The fourth-order valence-electron chi connectivity index (χ4n) is 4.85. The number of nitrogens with zero attached hydrogens (tertiary/aromatic N) is 1. The number of carbonyl (C=O) groups excluding carboxylic acids is 3. The van der Waals surface area contributed by atoms with Crippen LogP contribution in [0.25, 0.3) is 0 Å². The second kappa shape index (κ2) is 8.41. The van der Waals surface area contributed by atoms with Crippen LogP contribution in [-0.2, 0) is 21.4 Å². The van der Waals surface area contributed by atoms with Gasteiger partial charge in [0.15, 0.2) is 17.3 Å². The highest BCUT2D eigenvalue weighted by atomic mass is 16.5. The van der Waals surface area contributed by atoms with Gasteiger partial charge < -0.3 is 24.8 Å². The van der Waals surface area contributed by atoms with E-state index in [9.17, 15) is 24.6 Å². The minimum Gasteiger partial charge on any atom is -0.507 e. The normalized spacial score (nSPS) is 20.2. The molecule has 0 bridgehead atoms. The average Bonchev–Trinajstić information content (AvgIpc) is 3.26. The molecular weight excluding hydrogens is 452 g/mol. The van der Waals surface area contributed by atoms with Crippen LogP contribution in [0.4, 0.5) is 0 Å². The third-order valence-electron chi connectivity index (χ3n) is 6.93. The number of aromatic hydroxyl groups is 2. The fraction of sp³-hybridized carbons (Fsp3) is 0.385. The zero-order valence-corrected chi connectivity index (χ0v) is 20.6. The van der Waals surface area contributed by atoms with E-state index in [1.807, 2.05) is 13.8 Å². The van der Waals surface area contributed by atoms with Gasteiger partial charge in [0.05, 0.1) is 16.8 Å². The molecule has 1 atom stereocenters. The standard InChI is InChI=1S/C26H28N2O7/c1-11-22(31)20(14(4)29)24-21(23(11)32)26(6)18(34-24)10-17(30)19(25(26)33)13(3)27-9-7-8-16-12(2)28-35-15(16)5/h10,27,31-32H,7-9H2,1-6H3. The molecule has 1 unspecified atom stereocenters. The molecule has 1 aliphatic carbocycles. The van der Waals surface area contributed by atoms with Crippen molar-refractivity contribution in [2.24, 2.45) is 0 Å². The van der Waals surface area contributed by atoms with Crippen molar-refractivity contribution in [3.63, 3.8) is 0 Å². The number of aryl methyl sites for hydroxylation is 2. The molecule has 184 valence electrons. The molecule has 35 heavy (non-hydrogen) atoms. The molecule has 1 aromatic heterocycles. The first kappa shape index (κ1) is 24.3. The number of ether oxygens (including phenoxy) is 1. The maximum Gasteiger partial charge on any atom is 0.194 e. The number of phenolic OH excluding ortho intramolecular Hbond substituents is 2. The van der Waals surface area contributed by atoms with E-state index in [4.69, 9.17) is 9.26 Å². The maximum absolute atomic E-state index is 13.8. The van der Waals surface area contributed by atoms with Crippen LogP contribution in [0.5, 0.6) is 17.2 Å². The van der Waals surface area contributed by atoms with Gasteiger partial charge in [0.25, 0.3) is 0 Å². The SMILES string of the molecule is CC(=O)c1c(O)c(C)c(O)c2c1OC1=CC(=O)C(=C(C)NCCCc3c(C)noc3C)C(=O)C12C.